The van der Waals surface area contributed by atoms with E-state index in [1.807, 2.05) is 0 Å². The highest BCUT2D eigenvalue weighted by atomic mass is 19.1. The SMILES string of the molecule is O=C(CC[C@H]1CCCO1)NC1(c2ccc(F)cc2F)CCOCC1. The predicted molar refractivity (Wildman–Crippen MR) is 84.4 cm³/mol. The normalized spacial score (nSPS) is 23.2. The lowest BCUT2D eigenvalue weighted by Crippen LogP contribution is -2.50. The van der Waals surface area contributed by atoms with Crippen LogP contribution in [0.15, 0.2) is 18.2 Å². The summed E-state index contributed by atoms with van der Waals surface area (Å²) < 4.78 is 38.4. The van der Waals surface area contributed by atoms with Crippen LogP contribution in [0.2, 0.25) is 0 Å². The molecular formula is C18H23F2NO3. The van der Waals surface area contributed by atoms with Gasteiger partial charge in [-0.3, -0.25) is 4.79 Å². The first-order valence-electron chi connectivity index (χ1n) is 8.55. The second-order valence-corrected chi connectivity index (χ2v) is 6.54. The number of carbonyl (C=O) groups is 1. The van der Waals surface area contributed by atoms with Gasteiger partial charge in [-0.05, 0) is 38.2 Å². The van der Waals surface area contributed by atoms with E-state index in [9.17, 15) is 13.6 Å². The number of amides is 1. The molecule has 2 aliphatic rings. The second-order valence-electron chi connectivity index (χ2n) is 6.54. The maximum absolute atomic E-state index is 14.3. The van der Waals surface area contributed by atoms with Gasteiger partial charge >= 0.3 is 0 Å². The topological polar surface area (TPSA) is 47.6 Å². The lowest BCUT2D eigenvalue weighted by Gasteiger charge is -2.38. The van der Waals surface area contributed by atoms with E-state index in [1.54, 1.807) is 0 Å². The molecule has 0 bridgehead atoms. The molecule has 0 saturated carbocycles. The average molecular weight is 339 g/mol. The highest BCUT2D eigenvalue weighted by molar-refractivity contribution is 5.77. The Hall–Kier alpha value is -1.53. The first-order valence-corrected chi connectivity index (χ1v) is 8.55. The summed E-state index contributed by atoms with van der Waals surface area (Å²) in [5.41, 5.74) is -0.499. The Kier molecular flexibility index (Phi) is 5.46. The smallest absolute Gasteiger partial charge is 0.220 e. The minimum atomic E-state index is -0.830. The van der Waals surface area contributed by atoms with Gasteiger partial charge in [-0.25, -0.2) is 8.78 Å². The van der Waals surface area contributed by atoms with Crippen molar-refractivity contribution in [2.75, 3.05) is 19.8 Å². The molecular weight excluding hydrogens is 316 g/mol. The zero-order valence-corrected chi connectivity index (χ0v) is 13.7. The quantitative estimate of drug-likeness (QED) is 0.897. The molecule has 1 aromatic rings. The fraction of sp³-hybridized carbons (Fsp3) is 0.611. The van der Waals surface area contributed by atoms with Crippen molar-refractivity contribution in [1.29, 1.82) is 0 Å². The molecule has 1 N–H and O–H groups in total. The summed E-state index contributed by atoms with van der Waals surface area (Å²) in [5.74, 6) is -1.38. The van der Waals surface area contributed by atoms with Crippen molar-refractivity contribution < 1.29 is 23.0 Å². The van der Waals surface area contributed by atoms with Gasteiger partial charge in [-0.1, -0.05) is 6.07 Å². The number of nitrogens with one attached hydrogen (secondary N) is 1. The van der Waals surface area contributed by atoms with Gasteiger partial charge in [0.1, 0.15) is 11.6 Å². The summed E-state index contributed by atoms with van der Waals surface area (Å²) in [6.45, 7) is 1.63. The first kappa shape index (κ1) is 17.3. The van der Waals surface area contributed by atoms with Gasteiger partial charge in [-0.2, -0.15) is 0 Å². The van der Waals surface area contributed by atoms with Crippen LogP contribution in [-0.4, -0.2) is 31.8 Å². The summed E-state index contributed by atoms with van der Waals surface area (Å²) in [6.07, 6.45) is 4.12. The van der Waals surface area contributed by atoms with Crippen molar-refractivity contribution in [3.8, 4) is 0 Å². The molecule has 2 heterocycles. The van der Waals surface area contributed by atoms with Crippen LogP contribution >= 0.6 is 0 Å². The van der Waals surface area contributed by atoms with Crippen LogP contribution in [0.3, 0.4) is 0 Å². The number of benzene rings is 1. The van der Waals surface area contributed by atoms with Crippen molar-refractivity contribution in [1.82, 2.24) is 5.32 Å². The molecule has 0 unspecified atom stereocenters. The van der Waals surface area contributed by atoms with Gasteiger partial charge in [0.25, 0.3) is 0 Å². The highest BCUT2D eigenvalue weighted by Crippen LogP contribution is 2.34. The van der Waals surface area contributed by atoms with E-state index >= 15 is 0 Å². The van der Waals surface area contributed by atoms with Gasteiger partial charge in [0.2, 0.25) is 5.91 Å². The third-order valence-electron chi connectivity index (χ3n) is 4.89. The van der Waals surface area contributed by atoms with Crippen LogP contribution in [0.4, 0.5) is 8.78 Å². The van der Waals surface area contributed by atoms with Crippen LogP contribution in [0, 0.1) is 11.6 Å². The molecule has 6 heteroatoms. The van der Waals surface area contributed by atoms with Crippen molar-refractivity contribution in [2.24, 2.45) is 0 Å². The molecule has 1 aromatic carbocycles. The Morgan fingerprint density at radius 3 is 2.71 bits per heavy atom. The Morgan fingerprint density at radius 2 is 2.04 bits per heavy atom. The summed E-state index contributed by atoms with van der Waals surface area (Å²) in [5, 5.41) is 3.00. The molecule has 4 nitrogen and oxygen atoms in total. The number of halogens is 2. The minimum absolute atomic E-state index is 0.129. The van der Waals surface area contributed by atoms with Crippen LogP contribution in [-0.2, 0) is 19.8 Å². The molecule has 0 aliphatic carbocycles. The maximum Gasteiger partial charge on any atom is 0.220 e. The van der Waals surface area contributed by atoms with E-state index in [1.165, 1.54) is 12.1 Å². The van der Waals surface area contributed by atoms with Crippen molar-refractivity contribution >= 4 is 5.91 Å². The van der Waals surface area contributed by atoms with Crippen molar-refractivity contribution in [3.63, 3.8) is 0 Å². The fourth-order valence-electron chi connectivity index (χ4n) is 3.55. The third kappa shape index (κ3) is 3.92. The second kappa shape index (κ2) is 7.57. The summed E-state index contributed by atoms with van der Waals surface area (Å²) >= 11 is 0. The Balaban J connectivity index is 1.71. The van der Waals surface area contributed by atoms with Crippen LogP contribution in [0.5, 0.6) is 0 Å². The lowest BCUT2D eigenvalue weighted by molar-refractivity contribution is -0.125. The summed E-state index contributed by atoms with van der Waals surface area (Å²) in [7, 11) is 0. The maximum atomic E-state index is 14.3. The minimum Gasteiger partial charge on any atom is -0.381 e. The number of ether oxygens (including phenoxy) is 2. The third-order valence-corrected chi connectivity index (χ3v) is 4.89. The first-order chi connectivity index (χ1) is 11.6. The van der Waals surface area contributed by atoms with E-state index in [0.29, 0.717) is 44.5 Å². The largest absolute Gasteiger partial charge is 0.381 e. The Morgan fingerprint density at radius 1 is 1.25 bits per heavy atom. The number of carbonyl (C=O) groups excluding carboxylic acids is 1. The Labute approximate surface area is 140 Å². The van der Waals surface area contributed by atoms with E-state index < -0.39 is 17.2 Å². The molecule has 2 aliphatic heterocycles. The fourth-order valence-corrected chi connectivity index (χ4v) is 3.55. The molecule has 0 aromatic heterocycles. The van der Waals surface area contributed by atoms with E-state index in [0.717, 1.165) is 25.5 Å². The van der Waals surface area contributed by atoms with Gasteiger partial charge in [0.05, 0.1) is 11.6 Å². The number of rotatable bonds is 5. The van der Waals surface area contributed by atoms with E-state index in [2.05, 4.69) is 5.32 Å². The zero-order chi connectivity index (χ0) is 17.0. The highest BCUT2D eigenvalue weighted by Gasteiger charge is 2.38. The predicted octanol–water partition coefficient (Wildman–Crippen LogP) is 3.05. The van der Waals surface area contributed by atoms with Crippen molar-refractivity contribution in [3.05, 3.63) is 35.4 Å². The van der Waals surface area contributed by atoms with E-state index in [-0.39, 0.29) is 12.0 Å². The van der Waals surface area contributed by atoms with Gasteiger partial charge in [0.15, 0.2) is 0 Å². The summed E-state index contributed by atoms with van der Waals surface area (Å²) in [4.78, 5) is 12.4. The number of hydrogen-bond donors (Lipinski definition) is 1. The van der Waals surface area contributed by atoms with Crippen LogP contribution < -0.4 is 5.32 Å². The average Bonchev–Trinajstić information content (AvgIpc) is 3.07. The summed E-state index contributed by atoms with van der Waals surface area (Å²) in [6, 6.07) is 3.52. The van der Waals surface area contributed by atoms with Gasteiger partial charge in [-0.15, -0.1) is 0 Å². The standard InChI is InChI=1S/C18H23F2NO3/c19-13-3-5-15(16(20)12-13)18(7-10-23-11-8-18)21-17(22)6-4-14-2-1-9-24-14/h3,5,12,14H,1-2,4,6-11H2,(H,21,22)/t14-/m1/s1. The van der Waals surface area contributed by atoms with E-state index in [4.69, 9.17) is 9.47 Å². The lowest BCUT2D eigenvalue weighted by atomic mass is 9.82. The number of hydrogen-bond acceptors (Lipinski definition) is 3. The van der Waals surface area contributed by atoms with Crippen LogP contribution in [0.25, 0.3) is 0 Å². The molecule has 24 heavy (non-hydrogen) atoms. The zero-order valence-electron chi connectivity index (χ0n) is 13.7. The van der Waals surface area contributed by atoms with Crippen LogP contribution in [0.1, 0.15) is 44.1 Å². The molecule has 0 spiro atoms. The molecule has 0 radical (unpaired) electrons. The molecule has 1 atom stereocenters. The van der Waals surface area contributed by atoms with Gasteiger partial charge < -0.3 is 14.8 Å². The monoisotopic (exact) mass is 339 g/mol. The Bertz CT molecular complexity index is 582. The molecule has 2 fully saturated rings. The van der Waals surface area contributed by atoms with Crippen molar-refractivity contribution in [2.45, 2.75) is 50.2 Å². The molecule has 3 rings (SSSR count). The molecule has 1 amide bonds. The molecule has 132 valence electrons. The molecule has 2 saturated heterocycles. The van der Waals surface area contributed by atoms with Gasteiger partial charge in [0, 0.05) is 37.9 Å².